The Morgan fingerprint density at radius 1 is 1.10 bits per heavy atom. The van der Waals surface area contributed by atoms with E-state index in [1.807, 2.05) is 0 Å². The van der Waals surface area contributed by atoms with Gasteiger partial charge in [0, 0.05) is 12.6 Å². The Labute approximate surface area is 125 Å². The minimum absolute atomic E-state index is 0.429. The molecule has 2 rings (SSSR count). The molecule has 2 heteroatoms. The summed E-state index contributed by atoms with van der Waals surface area (Å²) in [4.78, 5) is 0. The summed E-state index contributed by atoms with van der Waals surface area (Å²) in [5, 5.41) is 14.4. The summed E-state index contributed by atoms with van der Waals surface area (Å²) in [6.45, 7) is 7.83. The third-order valence-corrected chi connectivity index (χ3v) is 5.74. The van der Waals surface area contributed by atoms with Crippen molar-refractivity contribution in [1.29, 1.82) is 0 Å². The Bertz CT molecular complexity index is 291. The molecule has 0 bridgehead atoms. The first-order valence-electron chi connectivity index (χ1n) is 8.94. The second-order valence-corrected chi connectivity index (χ2v) is 8.02. The fourth-order valence-electron chi connectivity index (χ4n) is 4.33. The molecule has 0 aliphatic heterocycles. The first kappa shape index (κ1) is 16.3. The first-order valence-corrected chi connectivity index (χ1v) is 8.94. The van der Waals surface area contributed by atoms with Gasteiger partial charge in [-0.3, -0.25) is 0 Å². The monoisotopic (exact) mass is 281 g/mol. The second kappa shape index (κ2) is 7.26. The third-order valence-electron chi connectivity index (χ3n) is 5.74. The lowest BCUT2D eigenvalue weighted by Gasteiger charge is -2.37. The van der Waals surface area contributed by atoms with Crippen molar-refractivity contribution < 1.29 is 5.11 Å². The number of nitrogens with one attached hydrogen (secondary N) is 1. The number of rotatable bonds is 4. The quantitative estimate of drug-likeness (QED) is 0.760. The van der Waals surface area contributed by atoms with Crippen molar-refractivity contribution in [2.45, 2.75) is 90.2 Å². The Morgan fingerprint density at radius 3 is 2.60 bits per heavy atom. The molecule has 0 aromatic rings. The number of hydrogen-bond donors (Lipinski definition) is 2. The van der Waals surface area contributed by atoms with Crippen LogP contribution in [0.5, 0.6) is 0 Å². The summed E-state index contributed by atoms with van der Waals surface area (Å²) in [6.07, 6.45) is 11.2. The Balaban J connectivity index is 1.76. The van der Waals surface area contributed by atoms with E-state index in [-0.39, 0.29) is 0 Å². The molecule has 2 aliphatic carbocycles. The lowest BCUT2D eigenvalue weighted by Crippen LogP contribution is -2.47. The highest BCUT2D eigenvalue weighted by Gasteiger charge is 2.33. The van der Waals surface area contributed by atoms with E-state index in [0.29, 0.717) is 12.0 Å². The highest BCUT2D eigenvalue weighted by atomic mass is 16.3. The molecule has 0 amide bonds. The van der Waals surface area contributed by atoms with Gasteiger partial charge in [0.05, 0.1) is 5.60 Å². The van der Waals surface area contributed by atoms with Crippen LogP contribution in [-0.4, -0.2) is 23.3 Å². The van der Waals surface area contributed by atoms with Crippen LogP contribution in [-0.2, 0) is 0 Å². The molecular weight excluding hydrogens is 246 g/mol. The zero-order valence-corrected chi connectivity index (χ0v) is 13.8. The van der Waals surface area contributed by atoms with E-state index >= 15 is 0 Å². The maximum Gasteiger partial charge on any atom is 0.0774 e. The summed E-state index contributed by atoms with van der Waals surface area (Å²) >= 11 is 0. The summed E-state index contributed by atoms with van der Waals surface area (Å²) in [7, 11) is 0. The fourth-order valence-corrected chi connectivity index (χ4v) is 4.33. The van der Waals surface area contributed by atoms with E-state index in [4.69, 9.17) is 0 Å². The molecule has 4 unspecified atom stereocenters. The molecular formula is C18H35NO. The smallest absolute Gasteiger partial charge is 0.0774 e. The van der Waals surface area contributed by atoms with E-state index in [0.717, 1.165) is 31.2 Å². The molecule has 118 valence electrons. The minimum atomic E-state index is -0.429. The predicted octanol–water partition coefficient (Wildman–Crippen LogP) is 4.12. The van der Waals surface area contributed by atoms with Crippen molar-refractivity contribution in [1.82, 2.24) is 5.32 Å². The van der Waals surface area contributed by atoms with Gasteiger partial charge in [0.1, 0.15) is 0 Å². The summed E-state index contributed by atoms with van der Waals surface area (Å²) < 4.78 is 0. The van der Waals surface area contributed by atoms with Crippen molar-refractivity contribution in [2.24, 2.45) is 17.8 Å². The summed E-state index contributed by atoms with van der Waals surface area (Å²) in [5.41, 5.74) is -0.429. The molecule has 0 spiro atoms. The van der Waals surface area contributed by atoms with Crippen LogP contribution in [0.15, 0.2) is 0 Å². The molecule has 0 heterocycles. The van der Waals surface area contributed by atoms with Gasteiger partial charge in [0.25, 0.3) is 0 Å². The Kier molecular flexibility index (Phi) is 5.92. The van der Waals surface area contributed by atoms with Gasteiger partial charge in [-0.05, 0) is 49.9 Å². The van der Waals surface area contributed by atoms with Gasteiger partial charge in [-0.15, -0.1) is 0 Å². The van der Waals surface area contributed by atoms with Crippen LogP contribution in [0.25, 0.3) is 0 Å². The van der Waals surface area contributed by atoms with Crippen molar-refractivity contribution in [3.63, 3.8) is 0 Å². The van der Waals surface area contributed by atoms with Crippen LogP contribution in [0.1, 0.15) is 78.6 Å². The predicted molar refractivity (Wildman–Crippen MR) is 85.8 cm³/mol. The van der Waals surface area contributed by atoms with Crippen LogP contribution < -0.4 is 5.32 Å². The second-order valence-electron chi connectivity index (χ2n) is 8.02. The van der Waals surface area contributed by atoms with E-state index in [1.54, 1.807) is 0 Å². The van der Waals surface area contributed by atoms with Crippen LogP contribution in [0.4, 0.5) is 0 Å². The largest absolute Gasteiger partial charge is 0.389 e. The number of aliphatic hydroxyl groups is 1. The SMILES string of the molecule is CC1CCCC(O)(CNC2CCCC(C(C)C)CC2)C1. The van der Waals surface area contributed by atoms with Crippen molar-refractivity contribution in [2.75, 3.05) is 6.54 Å². The van der Waals surface area contributed by atoms with E-state index in [9.17, 15) is 5.11 Å². The molecule has 2 aliphatic rings. The Morgan fingerprint density at radius 2 is 1.90 bits per heavy atom. The molecule has 2 saturated carbocycles. The van der Waals surface area contributed by atoms with Crippen molar-refractivity contribution >= 4 is 0 Å². The molecule has 20 heavy (non-hydrogen) atoms. The van der Waals surface area contributed by atoms with Gasteiger partial charge in [-0.2, -0.15) is 0 Å². The average molecular weight is 281 g/mol. The maximum absolute atomic E-state index is 10.7. The lowest BCUT2D eigenvalue weighted by atomic mass is 9.79. The third kappa shape index (κ3) is 4.73. The Hall–Kier alpha value is -0.0800. The minimum Gasteiger partial charge on any atom is -0.389 e. The van der Waals surface area contributed by atoms with Gasteiger partial charge >= 0.3 is 0 Å². The molecule has 0 aromatic heterocycles. The summed E-state index contributed by atoms with van der Waals surface area (Å²) in [5.74, 6) is 2.44. The van der Waals surface area contributed by atoms with E-state index < -0.39 is 5.60 Å². The highest BCUT2D eigenvalue weighted by Crippen LogP contribution is 2.33. The molecule has 2 nitrogen and oxygen atoms in total. The highest BCUT2D eigenvalue weighted by molar-refractivity contribution is 4.88. The van der Waals surface area contributed by atoms with Crippen LogP contribution in [0, 0.1) is 17.8 Å². The van der Waals surface area contributed by atoms with Crippen molar-refractivity contribution in [3.8, 4) is 0 Å². The maximum atomic E-state index is 10.7. The standard InChI is InChI=1S/C18H35NO/c1-14(2)16-7-4-8-17(10-9-16)19-13-18(20)11-5-6-15(3)12-18/h14-17,19-20H,4-13H2,1-3H3. The average Bonchev–Trinajstić information content (AvgIpc) is 2.61. The lowest BCUT2D eigenvalue weighted by molar-refractivity contribution is -0.0140. The molecule has 0 radical (unpaired) electrons. The van der Waals surface area contributed by atoms with Gasteiger partial charge in [0.2, 0.25) is 0 Å². The van der Waals surface area contributed by atoms with Crippen LogP contribution >= 0.6 is 0 Å². The topological polar surface area (TPSA) is 32.3 Å². The molecule has 0 saturated heterocycles. The first-order chi connectivity index (χ1) is 9.48. The molecule has 0 aromatic carbocycles. The van der Waals surface area contributed by atoms with Crippen molar-refractivity contribution in [3.05, 3.63) is 0 Å². The van der Waals surface area contributed by atoms with Gasteiger partial charge < -0.3 is 10.4 Å². The van der Waals surface area contributed by atoms with E-state index in [1.165, 1.54) is 44.9 Å². The van der Waals surface area contributed by atoms with E-state index in [2.05, 4.69) is 26.1 Å². The van der Waals surface area contributed by atoms with Crippen LogP contribution in [0.3, 0.4) is 0 Å². The fraction of sp³-hybridized carbons (Fsp3) is 1.00. The molecule has 4 atom stereocenters. The zero-order chi connectivity index (χ0) is 14.6. The number of hydrogen-bond acceptors (Lipinski definition) is 2. The van der Waals surface area contributed by atoms with Gasteiger partial charge in [0.15, 0.2) is 0 Å². The zero-order valence-electron chi connectivity index (χ0n) is 13.8. The molecule has 2 N–H and O–H groups in total. The summed E-state index contributed by atoms with van der Waals surface area (Å²) in [6, 6.07) is 0.639. The van der Waals surface area contributed by atoms with Gasteiger partial charge in [-0.25, -0.2) is 0 Å². The van der Waals surface area contributed by atoms with Gasteiger partial charge in [-0.1, -0.05) is 46.5 Å². The van der Waals surface area contributed by atoms with Crippen LogP contribution in [0.2, 0.25) is 0 Å². The molecule has 2 fully saturated rings. The normalized spacial score (nSPS) is 39.8.